The van der Waals surface area contributed by atoms with E-state index in [0.717, 1.165) is 0 Å². The topological polar surface area (TPSA) is 27.7 Å². The van der Waals surface area contributed by atoms with E-state index in [4.69, 9.17) is 14.2 Å². The van der Waals surface area contributed by atoms with Crippen LogP contribution < -0.4 is 4.74 Å². The van der Waals surface area contributed by atoms with E-state index in [2.05, 4.69) is 0 Å². The highest BCUT2D eigenvalue weighted by atomic mass is 19.4. The molecule has 18 heavy (non-hydrogen) atoms. The molecule has 3 nitrogen and oxygen atoms in total. The Kier molecular flexibility index (Phi) is 3.77. The van der Waals surface area contributed by atoms with Gasteiger partial charge in [-0.3, -0.25) is 0 Å². The van der Waals surface area contributed by atoms with Gasteiger partial charge >= 0.3 is 6.18 Å². The molecule has 0 aromatic heterocycles. The zero-order valence-corrected chi connectivity index (χ0v) is 9.74. The quantitative estimate of drug-likeness (QED) is 0.838. The monoisotopic (exact) mass is 262 g/mol. The molecule has 1 aliphatic rings. The van der Waals surface area contributed by atoms with Crippen molar-refractivity contribution in [3.8, 4) is 5.75 Å². The second-order valence-electron chi connectivity index (χ2n) is 3.90. The molecule has 2 rings (SSSR count). The number of ether oxygens (including phenoxy) is 3. The van der Waals surface area contributed by atoms with Gasteiger partial charge in [0.1, 0.15) is 11.7 Å². The Labute approximate surface area is 102 Å². The van der Waals surface area contributed by atoms with Crippen LogP contribution in [-0.4, -0.2) is 32.8 Å². The number of hydrogen-bond donors (Lipinski definition) is 0. The summed E-state index contributed by atoms with van der Waals surface area (Å²) in [4.78, 5) is 0. The van der Waals surface area contributed by atoms with Crippen LogP contribution in [0.1, 0.15) is 11.5 Å². The van der Waals surface area contributed by atoms with Crippen LogP contribution >= 0.6 is 0 Å². The Morgan fingerprint density at radius 2 is 1.72 bits per heavy atom. The Morgan fingerprint density at radius 3 is 2.17 bits per heavy atom. The van der Waals surface area contributed by atoms with E-state index in [1.807, 2.05) is 0 Å². The van der Waals surface area contributed by atoms with Crippen LogP contribution in [0, 0.1) is 0 Å². The Balaban J connectivity index is 2.27. The van der Waals surface area contributed by atoms with Crippen molar-refractivity contribution in [2.24, 2.45) is 0 Å². The van der Waals surface area contributed by atoms with E-state index in [1.54, 1.807) is 0 Å². The fraction of sp³-hybridized carbons (Fsp3) is 0.500. The molecule has 0 radical (unpaired) electrons. The van der Waals surface area contributed by atoms with Gasteiger partial charge in [-0.05, 0) is 17.7 Å². The average Bonchev–Trinajstić information content (AvgIpc) is 2.82. The maximum Gasteiger partial charge on any atom is 0.400 e. The van der Waals surface area contributed by atoms with Crippen molar-refractivity contribution >= 4 is 0 Å². The molecule has 0 saturated carbocycles. The van der Waals surface area contributed by atoms with Gasteiger partial charge in [-0.15, -0.1) is 0 Å². The summed E-state index contributed by atoms with van der Waals surface area (Å²) in [5, 5.41) is 0. The molecule has 1 heterocycles. The van der Waals surface area contributed by atoms with Gasteiger partial charge in [0.25, 0.3) is 0 Å². The van der Waals surface area contributed by atoms with Gasteiger partial charge in [0.05, 0.1) is 20.3 Å². The summed E-state index contributed by atoms with van der Waals surface area (Å²) in [6.45, 7) is 0.376. The largest absolute Gasteiger partial charge is 0.497 e. The summed E-state index contributed by atoms with van der Waals surface area (Å²) in [6.07, 6.45) is -5.68. The second-order valence-corrected chi connectivity index (χ2v) is 3.90. The van der Waals surface area contributed by atoms with Gasteiger partial charge < -0.3 is 14.2 Å². The van der Waals surface area contributed by atoms with Gasteiger partial charge in [0.2, 0.25) is 0 Å². The van der Waals surface area contributed by atoms with Crippen LogP contribution in [0.2, 0.25) is 0 Å². The number of methoxy groups -OCH3 is 1. The highest BCUT2D eigenvalue weighted by Crippen LogP contribution is 2.40. The fourth-order valence-electron chi connectivity index (χ4n) is 1.88. The van der Waals surface area contributed by atoms with Crippen molar-refractivity contribution in [2.45, 2.75) is 18.4 Å². The molecular weight excluding hydrogens is 249 g/mol. The van der Waals surface area contributed by atoms with Crippen molar-refractivity contribution in [2.75, 3.05) is 20.3 Å². The number of hydrogen-bond acceptors (Lipinski definition) is 3. The van der Waals surface area contributed by atoms with Crippen molar-refractivity contribution in [3.63, 3.8) is 0 Å². The highest BCUT2D eigenvalue weighted by Gasteiger charge is 2.48. The van der Waals surface area contributed by atoms with Crippen molar-refractivity contribution in [1.82, 2.24) is 0 Å². The summed E-state index contributed by atoms with van der Waals surface area (Å²) in [5.41, 5.74) is 0.107. The molecule has 0 unspecified atom stereocenters. The van der Waals surface area contributed by atoms with Crippen LogP contribution in [0.5, 0.6) is 5.75 Å². The molecule has 0 N–H and O–H groups in total. The lowest BCUT2D eigenvalue weighted by molar-refractivity contribution is -0.207. The smallest absolute Gasteiger partial charge is 0.400 e. The third-order valence-electron chi connectivity index (χ3n) is 2.75. The van der Waals surface area contributed by atoms with Crippen molar-refractivity contribution in [1.29, 1.82) is 0 Å². The molecule has 1 aliphatic heterocycles. The number of benzene rings is 1. The Morgan fingerprint density at radius 1 is 1.17 bits per heavy atom. The SMILES string of the molecule is COc1ccc([C@@H](C2OCCO2)C(F)(F)F)cc1. The van der Waals surface area contributed by atoms with E-state index >= 15 is 0 Å². The lowest BCUT2D eigenvalue weighted by Gasteiger charge is -2.25. The predicted octanol–water partition coefficient (Wildman–Crippen LogP) is 2.71. The highest BCUT2D eigenvalue weighted by molar-refractivity contribution is 5.30. The predicted molar refractivity (Wildman–Crippen MR) is 57.5 cm³/mol. The summed E-state index contributed by atoms with van der Waals surface area (Å²) in [5.74, 6) is -1.26. The fourth-order valence-corrected chi connectivity index (χ4v) is 1.88. The summed E-state index contributed by atoms with van der Waals surface area (Å²) in [7, 11) is 1.46. The summed E-state index contributed by atoms with van der Waals surface area (Å²) < 4.78 is 54.0. The minimum Gasteiger partial charge on any atom is -0.497 e. The van der Waals surface area contributed by atoms with Gasteiger partial charge in [0.15, 0.2) is 6.29 Å². The van der Waals surface area contributed by atoms with Crippen molar-refractivity contribution in [3.05, 3.63) is 29.8 Å². The van der Waals surface area contributed by atoms with E-state index in [-0.39, 0.29) is 18.8 Å². The zero-order valence-electron chi connectivity index (χ0n) is 9.74. The van der Waals surface area contributed by atoms with Crippen LogP contribution in [0.25, 0.3) is 0 Å². The molecule has 0 bridgehead atoms. The van der Waals surface area contributed by atoms with E-state index < -0.39 is 18.4 Å². The molecular formula is C12H13F3O3. The van der Waals surface area contributed by atoms with E-state index in [1.165, 1.54) is 31.4 Å². The standard InChI is InChI=1S/C12H13F3O3/c1-16-9-4-2-8(3-5-9)10(12(13,14)15)11-17-6-7-18-11/h2-5,10-11H,6-7H2,1H3/t10-/m0/s1. The van der Waals surface area contributed by atoms with Gasteiger partial charge in [-0.2, -0.15) is 13.2 Å². The number of halogens is 3. The average molecular weight is 262 g/mol. The molecule has 1 saturated heterocycles. The molecule has 0 aliphatic carbocycles. The minimum absolute atomic E-state index is 0.107. The second kappa shape index (κ2) is 5.16. The van der Waals surface area contributed by atoms with E-state index in [9.17, 15) is 13.2 Å². The lowest BCUT2D eigenvalue weighted by atomic mass is 9.98. The molecule has 1 aromatic carbocycles. The molecule has 0 amide bonds. The van der Waals surface area contributed by atoms with Crippen LogP contribution in [0.15, 0.2) is 24.3 Å². The molecule has 1 atom stereocenters. The maximum atomic E-state index is 13.0. The lowest BCUT2D eigenvalue weighted by Crippen LogP contribution is -2.32. The van der Waals surface area contributed by atoms with Crippen LogP contribution in [-0.2, 0) is 9.47 Å². The molecule has 0 spiro atoms. The van der Waals surface area contributed by atoms with Crippen molar-refractivity contribution < 1.29 is 27.4 Å². The van der Waals surface area contributed by atoms with Gasteiger partial charge in [-0.1, -0.05) is 12.1 Å². The van der Waals surface area contributed by atoms with Gasteiger partial charge in [0, 0.05) is 0 Å². The Hall–Kier alpha value is -1.27. The molecule has 6 heteroatoms. The first-order valence-electron chi connectivity index (χ1n) is 5.46. The summed E-state index contributed by atoms with van der Waals surface area (Å²) in [6, 6.07) is 5.73. The van der Waals surface area contributed by atoms with Crippen LogP contribution in [0.4, 0.5) is 13.2 Å². The zero-order chi connectivity index (χ0) is 13.2. The third kappa shape index (κ3) is 2.76. The maximum absolute atomic E-state index is 13.0. The minimum atomic E-state index is -4.41. The first kappa shape index (κ1) is 13.2. The number of alkyl halides is 3. The third-order valence-corrected chi connectivity index (χ3v) is 2.75. The van der Waals surface area contributed by atoms with Gasteiger partial charge in [-0.25, -0.2) is 0 Å². The van der Waals surface area contributed by atoms with E-state index in [0.29, 0.717) is 5.75 Å². The molecule has 1 fully saturated rings. The molecule has 100 valence electrons. The first-order valence-corrected chi connectivity index (χ1v) is 5.46. The normalized spacial score (nSPS) is 18.9. The molecule has 1 aromatic rings. The number of rotatable bonds is 3. The summed E-state index contributed by atoms with van der Waals surface area (Å²) >= 11 is 0. The Bertz CT molecular complexity index is 383. The van der Waals surface area contributed by atoms with Crippen LogP contribution in [0.3, 0.4) is 0 Å². The first-order chi connectivity index (χ1) is 8.52.